The van der Waals surface area contributed by atoms with Crippen LogP contribution in [0.2, 0.25) is 5.02 Å². The zero-order valence-electron chi connectivity index (χ0n) is 15.5. The fourth-order valence-corrected chi connectivity index (χ4v) is 5.73. The molecule has 158 valence electrons. The first-order chi connectivity index (χ1) is 14.2. The van der Waals surface area contributed by atoms with Crippen molar-refractivity contribution in [3.63, 3.8) is 0 Å². The lowest BCUT2D eigenvalue weighted by atomic mass is 10.2. The average molecular weight is 470 g/mol. The van der Waals surface area contributed by atoms with Crippen LogP contribution in [0.1, 0.15) is 12.8 Å². The van der Waals surface area contributed by atoms with Gasteiger partial charge in [0.2, 0.25) is 11.8 Å². The van der Waals surface area contributed by atoms with Crippen LogP contribution in [0.15, 0.2) is 46.2 Å². The summed E-state index contributed by atoms with van der Waals surface area (Å²) in [6.45, 7) is 1.29. The summed E-state index contributed by atoms with van der Waals surface area (Å²) in [6.07, 6.45) is 1.85. The minimum atomic E-state index is -4.04. The quantitative estimate of drug-likeness (QED) is 0.670. The molecule has 7 nitrogen and oxygen atoms in total. The Labute approximate surface area is 182 Å². The number of carbonyl (C=O) groups is 2. The number of sulfonamides is 1. The lowest BCUT2D eigenvalue weighted by Crippen LogP contribution is -2.43. The maximum absolute atomic E-state index is 13.2. The predicted molar refractivity (Wildman–Crippen MR) is 113 cm³/mol. The molecule has 11 heteroatoms. The van der Waals surface area contributed by atoms with E-state index in [0.29, 0.717) is 23.7 Å². The first kappa shape index (κ1) is 21.0. The fourth-order valence-electron chi connectivity index (χ4n) is 3.30. The number of thioether (sulfide) groups is 1. The monoisotopic (exact) mass is 469 g/mol. The Kier molecular flexibility index (Phi) is 5.65. The molecule has 2 aromatic carbocycles. The van der Waals surface area contributed by atoms with Crippen molar-refractivity contribution in [2.24, 2.45) is 0 Å². The van der Waals surface area contributed by atoms with Gasteiger partial charge < -0.3 is 10.2 Å². The number of nitrogens with one attached hydrogen (secondary N) is 2. The van der Waals surface area contributed by atoms with Gasteiger partial charge in [0.25, 0.3) is 10.0 Å². The lowest BCUT2D eigenvalue weighted by Gasteiger charge is -2.27. The number of benzene rings is 2. The van der Waals surface area contributed by atoms with Crippen LogP contribution in [0.5, 0.6) is 0 Å². The summed E-state index contributed by atoms with van der Waals surface area (Å²) in [5, 5.41) is 1.66. The van der Waals surface area contributed by atoms with E-state index in [0.717, 1.165) is 36.7 Å². The Balaban J connectivity index is 1.56. The molecule has 0 radical (unpaired) electrons. The number of halogens is 2. The van der Waals surface area contributed by atoms with Gasteiger partial charge in [-0.05, 0) is 49.2 Å². The molecule has 1 atom stereocenters. The zero-order valence-corrected chi connectivity index (χ0v) is 17.9. The molecule has 2 aliphatic rings. The molecule has 30 heavy (non-hydrogen) atoms. The van der Waals surface area contributed by atoms with Crippen LogP contribution >= 0.6 is 23.4 Å². The van der Waals surface area contributed by atoms with Crippen LogP contribution in [0.25, 0.3) is 0 Å². The highest BCUT2D eigenvalue weighted by atomic mass is 35.5. The summed E-state index contributed by atoms with van der Waals surface area (Å²) < 4.78 is 40.9. The van der Waals surface area contributed by atoms with Crippen molar-refractivity contribution in [2.75, 3.05) is 23.1 Å². The zero-order chi connectivity index (χ0) is 21.5. The van der Waals surface area contributed by atoms with E-state index in [9.17, 15) is 22.4 Å². The maximum Gasteiger partial charge on any atom is 0.262 e. The van der Waals surface area contributed by atoms with E-state index in [1.165, 1.54) is 18.2 Å². The van der Waals surface area contributed by atoms with Crippen molar-refractivity contribution in [1.29, 1.82) is 0 Å². The smallest absolute Gasteiger partial charge is 0.262 e. The third kappa shape index (κ3) is 4.12. The molecule has 2 N–H and O–H groups in total. The normalized spacial score (nSPS) is 18.7. The number of carbonyl (C=O) groups excluding carboxylic acids is 2. The van der Waals surface area contributed by atoms with Crippen LogP contribution in [0.4, 0.5) is 15.8 Å². The molecule has 2 heterocycles. The van der Waals surface area contributed by atoms with Gasteiger partial charge >= 0.3 is 0 Å². The Bertz CT molecular complexity index is 1140. The number of rotatable bonds is 4. The minimum absolute atomic E-state index is 0.0328. The Hall–Kier alpha value is -2.30. The molecule has 1 unspecified atom stereocenters. The second kappa shape index (κ2) is 8.09. The van der Waals surface area contributed by atoms with Crippen LogP contribution in [-0.4, -0.2) is 43.5 Å². The van der Waals surface area contributed by atoms with Crippen molar-refractivity contribution in [1.82, 2.24) is 4.90 Å². The van der Waals surface area contributed by atoms with E-state index in [4.69, 9.17) is 11.6 Å². The van der Waals surface area contributed by atoms with Crippen molar-refractivity contribution in [3.8, 4) is 0 Å². The third-order valence-corrected chi connectivity index (χ3v) is 7.76. The number of nitrogens with zero attached hydrogens (tertiary/aromatic N) is 1. The van der Waals surface area contributed by atoms with E-state index >= 15 is 0 Å². The number of anilines is 2. The van der Waals surface area contributed by atoms with Crippen LogP contribution in [0, 0.1) is 5.82 Å². The molecule has 0 spiro atoms. The summed E-state index contributed by atoms with van der Waals surface area (Å²) in [4.78, 5) is 27.3. The molecule has 0 saturated carbocycles. The highest BCUT2D eigenvalue weighted by molar-refractivity contribution is 8.01. The maximum atomic E-state index is 13.2. The van der Waals surface area contributed by atoms with Gasteiger partial charge in [-0.2, -0.15) is 0 Å². The molecule has 1 saturated heterocycles. The van der Waals surface area contributed by atoms with Gasteiger partial charge in [0, 0.05) is 18.0 Å². The molecule has 2 amide bonds. The van der Waals surface area contributed by atoms with Crippen molar-refractivity contribution in [2.45, 2.75) is 27.9 Å². The first-order valence-electron chi connectivity index (χ1n) is 9.13. The number of fused-ring (bicyclic) bond motifs is 1. The molecule has 0 aromatic heterocycles. The van der Waals surface area contributed by atoms with Gasteiger partial charge in [0.1, 0.15) is 5.82 Å². The predicted octanol–water partition coefficient (Wildman–Crippen LogP) is 3.32. The van der Waals surface area contributed by atoms with E-state index in [1.54, 1.807) is 11.0 Å². The molecule has 2 aromatic rings. The Morgan fingerprint density at radius 3 is 2.63 bits per heavy atom. The van der Waals surface area contributed by atoms with Crippen LogP contribution in [-0.2, 0) is 19.6 Å². The van der Waals surface area contributed by atoms with E-state index in [1.807, 2.05) is 0 Å². The Morgan fingerprint density at radius 2 is 1.93 bits per heavy atom. The summed E-state index contributed by atoms with van der Waals surface area (Å²) in [5.74, 6) is -1.30. The van der Waals surface area contributed by atoms with Gasteiger partial charge in [-0.3, -0.25) is 14.3 Å². The summed E-state index contributed by atoms with van der Waals surface area (Å²) >= 11 is 7.00. The number of likely N-dealkylation sites (tertiary alicyclic amines) is 1. The molecule has 2 aliphatic heterocycles. The first-order valence-corrected chi connectivity index (χ1v) is 11.9. The van der Waals surface area contributed by atoms with Gasteiger partial charge in [0.15, 0.2) is 5.25 Å². The largest absolute Gasteiger partial charge is 0.341 e. The summed E-state index contributed by atoms with van der Waals surface area (Å²) in [7, 11) is -4.04. The molecular formula is C19H17ClFN3O4S2. The average Bonchev–Trinajstić information content (AvgIpc) is 3.23. The van der Waals surface area contributed by atoms with Crippen LogP contribution in [0.3, 0.4) is 0 Å². The SMILES string of the molecule is O=C1Nc2cc(S(=O)(=O)Nc3ccc(F)cc3Cl)ccc2SC1C(=O)N1CCCC1. The Morgan fingerprint density at radius 1 is 1.20 bits per heavy atom. The van der Waals surface area contributed by atoms with E-state index in [2.05, 4.69) is 10.0 Å². The molecular weight excluding hydrogens is 453 g/mol. The topological polar surface area (TPSA) is 95.6 Å². The van der Waals surface area contributed by atoms with Gasteiger partial charge in [-0.1, -0.05) is 11.6 Å². The van der Waals surface area contributed by atoms with E-state index < -0.39 is 27.0 Å². The third-order valence-electron chi connectivity index (χ3n) is 4.82. The summed E-state index contributed by atoms with van der Waals surface area (Å²) in [5.41, 5.74) is 0.342. The number of hydrogen-bond acceptors (Lipinski definition) is 5. The summed E-state index contributed by atoms with van der Waals surface area (Å²) in [6, 6.07) is 7.55. The molecule has 1 fully saturated rings. The highest BCUT2D eigenvalue weighted by Crippen LogP contribution is 2.38. The standard InChI is InChI=1S/C19H17ClFN3O4S2/c20-13-9-11(21)3-5-14(13)23-30(27,28)12-4-6-16-15(10-12)22-18(25)17(29-16)19(26)24-7-1-2-8-24/h3-6,9-10,17,23H,1-2,7-8H2,(H,22,25). The van der Waals surface area contributed by atoms with E-state index in [-0.39, 0.29) is 21.5 Å². The second-order valence-electron chi connectivity index (χ2n) is 6.91. The lowest BCUT2D eigenvalue weighted by molar-refractivity contribution is -0.133. The minimum Gasteiger partial charge on any atom is -0.341 e. The van der Waals surface area contributed by atoms with Crippen molar-refractivity contribution in [3.05, 3.63) is 47.2 Å². The molecule has 0 aliphatic carbocycles. The van der Waals surface area contributed by atoms with Gasteiger partial charge in [0.05, 0.1) is 21.3 Å². The van der Waals surface area contributed by atoms with Gasteiger partial charge in [-0.25, -0.2) is 12.8 Å². The molecule has 0 bridgehead atoms. The number of amides is 2. The van der Waals surface area contributed by atoms with Gasteiger partial charge in [-0.15, -0.1) is 11.8 Å². The molecule has 4 rings (SSSR count). The van der Waals surface area contributed by atoms with Crippen molar-refractivity contribution >= 4 is 56.6 Å². The number of hydrogen-bond donors (Lipinski definition) is 2. The fraction of sp³-hybridized carbons (Fsp3) is 0.263. The van der Waals surface area contributed by atoms with Crippen LogP contribution < -0.4 is 10.0 Å². The second-order valence-corrected chi connectivity index (χ2v) is 10.1. The van der Waals surface area contributed by atoms with Crippen molar-refractivity contribution < 1.29 is 22.4 Å². The highest BCUT2D eigenvalue weighted by Gasteiger charge is 2.37.